The van der Waals surface area contributed by atoms with E-state index in [4.69, 9.17) is 26.1 Å². The first-order chi connectivity index (χ1) is 14.6. The summed E-state index contributed by atoms with van der Waals surface area (Å²) in [7, 11) is 1.63. The van der Waals surface area contributed by atoms with Crippen LogP contribution in [0.5, 0.6) is 5.75 Å². The number of rotatable bonds is 5. The first kappa shape index (κ1) is 20.4. The second-order valence-corrected chi connectivity index (χ2v) is 7.72. The standard InChI is InChI=1S/C23H24ClN3O3/c1-3-30-23(28)16-7-5-11-27(14-16)20-12-15-6-4-10-25-21(15)22(26-20)18-13-17(24)8-9-19(18)29-2/h4,6,8-10,12-13,16H,3,5,7,11,14H2,1-2H3. The molecule has 30 heavy (non-hydrogen) atoms. The van der Waals surface area contributed by atoms with Gasteiger partial charge in [-0.1, -0.05) is 17.7 Å². The SMILES string of the molecule is CCOC(=O)C1CCCN(c2cc3cccnc3c(-c3cc(Cl)ccc3OC)n2)C1. The maximum Gasteiger partial charge on any atom is 0.310 e. The van der Waals surface area contributed by atoms with E-state index in [-0.39, 0.29) is 11.9 Å². The fourth-order valence-corrected chi connectivity index (χ4v) is 4.10. The Morgan fingerprint density at radius 1 is 1.30 bits per heavy atom. The number of ether oxygens (including phenoxy) is 2. The number of benzene rings is 1. The molecule has 2 aromatic heterocycles. The largest absolute Gasteiger partial charge is 0.496 e. The van der Waals surface area contributed by atoms with E-state index < -0.39 is 0 Å². The van der Waals surface area contributed by atoms with Gasteiger partial charge in [0.15, 0.2) is 0 Å². The summed E-state index contributed by atoms with van der Waals surface area (Å²) in [6, 6.07) is 11.4. The molecule has 1 atom stereocenters. The number of carbonyl (C=O) groups is 1. The average Bonchev–Trinajstić information content (AvgIpc) is 2.78. The van der Waals surface area contributed by atoms with Crippen molar-refractivity contribution in [2.24, 2.45) is 5.92 Å². The van der Waals surface area contributed by atoms with Gasteiger partial charge >= 0.3 is 5.97 Å². The maximum absolute atomic E-state index is 12.3. The molecule has 0 spiro atoms. The summed E-state index contributed by atoms with van der Waals surface area (Å²) in [5.41, 5.74) is 2.27. The molecular formula is C23H24ClN3O3. The highest BCUT2D eigenvalue weighted by Crippen LogP contribution is 2.37. The number of pyridine rings is 2. The van der Waals surface area contributed by atoms with Crippen molar-refractivity contribution < 1.29 is 14.3 Å². The van der Waals surface area contributed by atoms with Crippen molar-refractivity contribution in [2.45, 2.75) is 19.8 Å². The summed E-state index contributed by atoms with van der Waals surface area (Å²) < 4.78 is 10.8. The zero-order chi connectivity index (χ0) is 21.1. The van der Waals surface area contributed by atoms with Gasteiger partial charge in [-0.25, -0.2) is 4.98 Å². The molecular weight excluding hydrogens is 402 g/mol. The Bertz CT molecular complexity index is 1070. The zero-order valence-electron chi connectivity index (χ0n) is 17.1. The van der Waals surface area contributed by atoms with Gasteiger partial charge < -0.3 is 14.4 Å². The minimum absolute atomic E-state index is 0.138. The number of hydrogen-bond acceptors (Lipinski definition) is 6. The van der Waals surface area contributed by atoms with Crippen LogP contribution < -0.4 is 9.64 Å². The highest BCUT2D eigenvalue weighted by atomic mass is 35.5. The van der Waals surface area contributed by atoms with Crippen molar-refractivity contribution in [2.75, 3.05) is 31.7 Å². The molecule has 0 N–H and O–H groups in total. The lowest BCUT2D eigenvalue weighted by atomic mass is 9.98. The van der Waals surface area contributed by atoms with Gasteiger partial charge in [0.2, 0.25) is 0 Å². The summed E-state index contributed by atoms with van der Waals surface area (Å²) in [5.74, 6) is 1.20. The van der Waals surface area contributed by atoms with E-state index in [0.717, 1.165) is 41.7 Å². The Kier molecular flexibility index (Phi) is 6.04. The molecule has 3 heterocycles. The fourth-order valence-electron chi connectivity index (χ4n) is 3.92. The normalized spacial score (nSPS) is 16.5. The van der Waals surface area contributed by atoms with E-state index in [2.05, 4.69) is 9.88 Å². The van der Waals surface area contributed by atoms with Gasteiger partial charge in [-0.2, -0.15) is 0 Å². The Morgan fingerprint density at radius 3 is 2.97 bits per heavy atom. The van der Waals surface area contributed by atoms with Crippen LogP contribution in [0.1, 0.15) is 19.8 Å². The lowest BCUT2D eigenvalue weighted by molar-refractivity contribution is -0.148. The van der Waals surface area contributed by atoms with E-state index in [1.807, 2.05) is 37.3 Å². The molecule has 1 fully saturated rings. The second kappa shape index (κ2) is 8.88. The number of hydrogen-bond donors (Lipinski definition) is 0. The summed E-state index contributed by atoms with van der Waals surface area (Å²) in [6.45, 7) is 3.65. The van der Waals surface area contributed by atoms with Crippen LogP contribution >= 0.6 is 11.6 Å². The average molecular weight is 426 g/mol. The van der Waals surface area contributed by atoms with Crippen LogP contribution in [-0.4, -0.2) is 42.7 Å². The van der Waals surface area contributed by atoms with Gasteiger partial charge in [0.05, 0.1) is 25.2 Å². The molecule has 4 rings (SSSR count). The van der Waals surface area contributed by atoms with Crippen LogP contribution in [0.3, 0.4) is 0 Å². The number of carbonyl (C=O) groups excluding carboxylic acids is 1. The number of methoxy groups -OCH3 is 1. The highest BCUT2D eigenvalue weighted by Gasteiger charge is 2.28. The molecule has 1 aliphatic rings. The van der Waals surface area contributed by atoms with E-state index in [1.165, 1.54) is 0 Å². The molecule has 156 valence electrons. The van der Waals surface area contributed by atoms with Crippen LogP contribution in [0.4, 0.5) is 5.82 Å². The topological polar surface area (TPSA) is 64.5 Å². The predicted octanol–water partition coefficient (Wildman–Crippen LogP) is 4.74. The van der Waals surface area contributed by atoms with E-state index in [0.29, 0.717) is 29.6 Å². The molecule has 0 aliphatic carbocycles. The van der Waals surface area contributed by atoms with E-state index >= 15 is 0 Å². The third kappa shape index (κ3) is 4.05. The molecule has 1 unspecified atom stereocenters. The molecule has 0 saturated carbocycles. The summed E-state index contributed by atoms with van der Waals surface area (Å²) in [4.78, 5) is 24.0. The first-order valence-corrected chi connectivity index (χ1v) is 10.5. The van der Waals surface area contributed by atoms with Crippen molar-refractivity contribution in [3.8, 4) is 17.0 Å². The van der Waals surface area contributed by atoms with Gasteiger partial charge in [0.1, 0.15) is 17.3 Å². The van der Waals surface area contributed by atoms with E-state index in [1.54, 1.807) is 19.4 Å². The van der Waals surface area contributed by atoms with Crippen LogP contribution in [0.2, 0.25) is 5.02 Å². The summed E-state index contributed by atoms with van der Waals surface area (Å²) in [5, 5.41) is 1.57. The van der Waals surface area contributed by atoms with Gasteiger partial charge in [-0.3, -0.25) is 9.78 Å². The van der Waals surface area contributed by atoms with E-state index in [9.17, 15) is 4.79 Å². The Labute approximate surface area is 180 Å². The molecule has 7 heteroatoms. The monoisotopic (exact) mass is 425 g/mol. The number of esters is 1. The number of nitrogens with zero attached hydrogens (tertiary/aromatic N) is 3. The molecule has 1 aromatic carbocycles. The smallest absolute Gasteiger partial charge is 0.310 e. The lowest BCUT2D eigenvalue weighted by Gasteiger charge is -2.32. The Balaban J connectivity index is 1.80. The molecule has 0 amide bonds. The van der Waals surface area contributed by atoms with Crippen molar-refractivity contribution in [1.29, 1.82) is 0 Å². The lowest BCUT2D eigenvalue weighted by Crippen LogP contribution is -2.39. The van der Waals surface area contributed by atoms with Crippen LogP contribution in [-0.2, 0) is 9.53 Å². The third-order valence-corrected chi connectivity index (χ3v) is 5.59. The van der Waals surface area contributed by atoms with Crippen LogP contribution in [0, 0.1) is 5.92 Å². The summed E-state index contributed by atoms with van der Waals surface area (Å²) in [6.07, 6.45) is 3.49. The quantitative estimate of drug-likeness (QED) is 0.550. The van der Waals surface area contributed by atoms with Crippen LogP contribution in [0.15, 0.2) is 42.6 Å². The van der Waals surface area contributed by atoms with Crippen molar-refractivity contribution >= 4 is 34.3 Å². The zero-order valence-corrected chi connectivity index (χ0v) is 17.9. The van der Waals surface area contributed by atoms with Gasteiger partial charge in [-0.15, -0.1) is 0 Å². The van der Waals surface area contributed by atoms with Gasteiger partial charge in [-0.05, 0) is 50.1 Å². The molecule has 1 saturated heterocycles. The molecule has 3 aromatic rings. The fraction of sp³-hybridized carbons (Fsp3) is 0.348. The van der Waals surface area contributed by atoms with Gasteiger partial charge in [0, 0.05) is 35.3 Å². The van der Waals surface area contributed by atoms with Crippen molar-refractivity contribution in [3.05, 3.63) is 47.6 Å². The first-order valence-electron chi connectivity index (χ1n) is 10.1. The Morgan fingerprint density at radius 2 is 2.17 bits per heavy atom. The molecule has 0 bridgehead atoms. The molecule has 6 nitrogen and oxygen atoms in total. The minimum atomic E-state index is -0.144. The summed E-state index contributed by atoms with van der Waals surface area (Å²) >= 11 is 6.28. The predicted molar refractivity (Wildman–Crippen MR) is 118 cm³/mol. The number of fused-ring (bicyclic) bond motifs is 1. The maximum atomic E-state index is 12.3. The third-order valence-electron chi connectivity index (χ3n) is 5.36. The second-order valence-electron chi connectivity index (χ2n) is 7.29. The number of halogens is 1. The molecule has 0 radical (unpaired) electrons. The highest BCUT2D eigenvalue weighted by molar-refractivity contribution is 6.31. The van der Waals surface area contributed by atoms with Crippen molar-refractivity contribution in [3.63, 3.8) is 0 Å². The van der Waals surface area contributed by atoms with Crippen LogP contribution in [0.25, 0.3) is 22.2 Å². The molecule has 1 aliphatic heterocycles. The van der Waals surface area contributed by atoms with Crippen molar-refractivity contribution in [1.82, 2.24) is 9.97 Å². The number of piperidine rings is 1. The minimum Gasteiger partial charge on any atom is -0.496 e. The Hall–Kier alpha value is -2.86. The van der Waals surface area contributed by atoms with Gasteiger partial charge in [0.25, 0.3) is 0 Å². The number of aromatic nitrogens is 2. The number of anilines is 1.